The average molecular weight is 1650 g/mol. The Hall–Kier alpha value is -13.0. The van der Waals surface area contributed by atoms with Crippen LogP contribution in [0.5, 0.6) is 5.75 Å². The maximum atomic E-state index is 14.6. The van der Waals surface area contributed by atoms with Crippen LogP contribution in [0.2, 0.25) is 0 Å². The van der Waals surface area contributed by atoms with Gasteiger partial charge in [0, 0.05) is 55.6 Å². The van der Waals surface area contributed by atoms with Gasteiger partial charge in [-0.05, 0) is 101 Å². The van der Waals surface area contributed by atoms with E-state index in [0.29, 0.717) is 16.5 Å². The Labute approximate surface area is 668 Å². The number of carboxylic acids is 3. The van der Waals surface area contributed by atoms with Gasteiger partial charge in [-0.15, -0.1) is 0 Å². The van der Waals surface area contributed by atoms with Gasteiger partial charge in [-0.1, -0.05) is 44.2 Å². The van der Waals surface area contributed by atoms with Gasteiger partial charge in [0.1, 0.15) is 84.3 Å². The minimum Gasteiger partial charge on any atom is -0.508 e. The van der Waals surface area contributed by atoms with Crippen molar-refractivity contribution in [3.8, 4) is 5.75 Å². The third-order valence-corrected chi connectivity index (χ3v) is 17.5. The Kier molecular flexibility index (Phi) is 41.6. The Morgan fingerprint density at radius 1 is 0.410 bits per heavy atom. The fourth-order valence-electron chi connectivity index (χ4n) is 11.0. The fourth-order valence-corrected chi connectivity index (χ4v) is 11.0. The number of hydrogen-bond acceptors (Lipinski definition) is 25. The van der Waals surface area contributed by atoms with Crippen LogP contribution < -0.4 is 103 Å². The number of fused-ring (bicyclic) bond motifs is 1. The minimum atomic E-state index is -1.89. The lowest BCUT2D eigenvalue weighted by atomic mass is 10.0. The number of primary amides is 3. The number of carbonyl (C=O) groups excluding carboxylic acids is 17. The van der Waals surface area contributed by atoms with Crippen molar-refractivity contribution >= 4 is 129 Å². The summed E-state index contributed by atoms with van der Waals surface area (Å²) >= 11 is 0. The highest BCUT2D eigenvalue weighted by Gasteiger charge is 2.38. The molecule has 1 heterocycles. The van der Waals surface area contributed by atoms with Crippen LogP contribution in [0, 0.1) is 5.92 Å². The highest BCUT2D eigenvalue weighted by molar-refractivity contribution is 6.01. The molecule has 31 N–H and O–H groups in total. The Bertz CT molecular complexity index is 4050. The Balaban J connectivity index is 1.90. The average Bonchev–Trinajstić information content (AvgIpc) is 1.75. The van der Waals surface area contributed by atoms with Gasteiger partial charge < -0.3 is 139 Å². The number of amides is 17. The van der Waals surface area contributed by atoms with E-state index in [9.17, 15) is 121 Å². The lowest BCUT2D eigenvalue weighted by molar-refractivity contribution is -0.143. The number of H-pyrrole nitrogens is 1. The molecule has 46 heteroatoms. The third kappa shape index (κ3) is 35.5. The number of hydrogen-bond donors (Lipinski definition) is 26. The number of aliphatic carboxylic acids is 3. The Morgan fingerprint density at radius 3 is 1.32 bits per heavy atom. The third-order valence-electron chi connectivity index (χ3n) is 17.5. The first-order chi connectivity index (χ1) is 55.1. The van der Waals surface area contributed by atoms with Crippen LogP contribution in [0.25, 0.3) is 10.9 Å². The number of para-hydroxylation sites is 1. The maximum absolute atomic E-state index is 14.6. The van der Waals surface area contributed by atoms with E-state index >= 15 is 0 Å². The standard InChI is InChI=1S/C71H104N20O26/c1-33(2)58(91-55(99)30-79-61(106)43(16-20-51(74)95)84-67(112)47(25-36-12-14-38(94)15-13-36)88-59(104)34(3)80-62(107)46(19-23-56(100)101)86-69(114)50(32-93)82-54(98)29-78-60(105)40(73)31-92)70(115)87-45(18-22-53(76)97)65(110)85-44(17-21-52(75)96)64(109)83-42(11-7-8-24-72)63(108)89-48(26-37-28-77-41-10-6-5-9-39(37)41)68(113)90-49(27-57(102)103)66(111)81-35(4)71(116)117/h5-6,9-10,12-15,28,33-35,40,42-50,58,77,92-94H,7-8,11,16-27,29-32,72-73H2,1-4H3,(H2,74,95)(H2,75,96)(H2,76,97)(H,78,105)(H,79,106)(H,80,107)(H,81,111)(H,82,98)(H,83,109)(H,84,112)(H,85,110)(H,86,114)(H,87,115)(H,88,104)(H,89,108)(H,90,113)(H,91,99)(H,100,101)(H,102,103)(H,116,117)/t34-,35-,40-,42-,43-,44-,45-,46-,47-,48-,49-,50-,58-/m0/s1. The highest BCUT2D eigenvalue weighted by Crippen LogP contribution is 2.21. The van der Waals surface area contributed by atoms with Gasteiger partial charge in [0.15, 0.2) is 0 Å². The van der Waals surface area contributed by atoms with E-state index in [2.05, 4.69) is 79.4 Å². The molecule has 644 valence electrons. The first kappa shape index (κ1) is 98.2. The van der Waals surface area contributed by atoms with E-state index in [0.717, 1.165) is 13.8 Å². The number of aromatic amines is 1. The van der Waals surface area contributed by atoms with Crippen LogP contribution in [-0.2, 0) is 109 Å². The predicted octanol–water partition coefficient (Wildman–Crippen LogP) is -9.93. The molecule has 0 fully saturated rings. The monoisotopic (exact) mass is 1650 g/mol. The second-order valence-corrected chi connectivity index (χ2v) is 27.4. The molecule has 0 radical (unpaired) electrons. The lowest BCUT2D eigenvalue weighted by Gasteiger charge is -2.28. The summed E-state index contributed by atoms with van der Waals surface area (Å²) in [5.41, 5.74) is 28.8. The number of aromatic hydroxyl groups is 1. The number of aliphatic hydroxyl groups excluding tert-OH is 2. The second-order valence-electron chi connectivity index (χ2n) is 27.4. The summed E-state index contributed by atoms with van der Waals surface area (Å²) in [4.78, 5) is 267. The van der Waals surface area contributed by atoms with E-state index in [1.807, 2.05) is 0 Å². The van der Waals surface area contributed by atoms with Gasteiger partial charge in [0.2, 0.25) is 100 Å². The molecular formula is C71H104N20O26. The first-order valence-corrected chi connectivity index (χ1v) is 36.8. The van der Waals surface area contributed by atoms with Crippen LogP contribution >= 0.6 is 0 Å². The van der Waals surface area contributed by atoms with Crippen LogP contribution in [-0.4, -0.2) is 265 Å². The zero-order valence-electron chi connectivity index (χ0n) is 64.4. The SMILES string of the molecule is CC(C)[C@H](NC(=O)CNC(=O)[C@H](CCC(N)=O)NC(=O)[C@H](Cc1ccc(O)cc1)NC(=O)[C@H](C)NC(=O)[C@H](CCC(=O)O)NC(=O)[C@H](CO)NC(=O)CNC(=O)[C@@H](N)CO)C(=O)N[C@@H](CCC(N)=O)C(=O)N[C@@H](CCC(N)=O)C(=O)N[C@@H](CCCCN)C(=O)N[C@@H](Cc1c[nH]c2ccccc12)C(=O)N[C@@H](CC(=O)O)C(=O)N[C@@H](C)C(=O)O. The molecule has 0 aliphatic rings. The van der Waals surface area contributed by atoms with E-state index in [1.54, 1.807) is 24.3 Å². The van der Waals surface area contributed by atoms with Gasteiger partial charge in [-0.25, -0.2) is 0 Å². The largest absolute Gasteiger partial charge is 0.508 e. The molecule has 0 saturated carbocycles. The molecule has 2 aromatic carbocycles. The number of phenolic OH excluding ortho intramolecular Hbond substituents is 1. The van der Waals surface area contributed by atoms with E-state index in [4.69, 9.17) is 33.8 Å². The number of carbonyl (C=O) groups is 20. The molecule has 0 saturated heterocycles. The molecular weight excluding hydrogens is 1550 g/mol. The number of phenols is 1. The van der Waals surface area contributed by atoms with Crippen LogP contribution in [0.1, 0.15) is 116 Å². The van der Waals surface area contributed by atoms with Crippen molar-refractivity contribution in [1.82, 2.24) is 79.4 Å². The molecule has 13 atom stereocenters. The molecule has 3 rings (SSSR count). The quantitative estimate of drug-likeness (QED) is 0.0233. The van der Waals surface area contributed by atoms with E-state index in [-0.39, 0.29) is 43.5 Å². The summed E-state index contributed by atoms with van der Waals surface area (Å²) in [5, 5.41) is 90.3. The van der Waals surface area contributed by atoms with Crippen molar-refractivity contribution in [2.45, 2.75) is 196 Å². The van der Waals surface area contributed by atoms with Crippen molar-refractivity contribution < 1.29 is 127 Å². The first-order valence-electron chi connectivity index (χ1n) is 36.8. The summed E-state index contributed by atoms with van der Waals surface area (Å²) in [6, 6.07) is -10.2. The summed E-state index contributed by atoms with van der Waals surface area (Å²) in [6.07, 6.45) is -5.03. The van der Waals surface area contributed by atoms with Crippen molar-refractivity contribution in [3.05, 3.63) is 65.9 Å². The summed E-state index contributed by atoms with van der Waals surface area (Å²) in [7, 11) is 0. The smallest absolute Gasteiger partial charge is 0.325 e. The van der Waals surface area contributed by atoms with Crippen LogP contribution in [0.3, 0.4) is 0 Å². The van der Waals surface area contributed by atoms with Crippen LogP contribution in [0.4, 0.5) is 0 Å². The molecule has 0 bridgehead atoms. The molecule has 117 heavy (non-hydrogen) atoms. The second kappa shape index (κ2) is 49.6. The maximum Gasteiger partial charge on any atom is 0.325 e. The van der Waals surface area contributed by atoms with Crippen molar-refractivity contribution in [2.24, 2.45) is 34.6 Å². The number of nitrogens with one attached hydrogen (secondary N) is 15. The van der Waals surface area contributed by atoms with Crippen molar-refractivity contribution in [1.29, 1.82) is 0 Å². The van der Waals surface area contributed by atoms with Gasteiger partial charge in [-0.3, -0.25) is 95.9 Å². The molecule has 0 aliphatic carbocycles. The number of aromatic nitrogens is 1. The Morgan fingerprint density at radius 2 is 0.829 bits per heavy atom. The summed E-state index contributed by atoms with van der Waals surface area (Å²) in [6.45, 7) is 1.50. The summed E-state index contributed by atoms with van der Waals surface area (Å²) in [5.74, 6) is -24.5. The number of rotatable bonds is 54. The lowest BCUT2D eigenvalue weighted by Crippen LogP contribution is -2.60. The number of carboxylic acid groups (broad SMARTS) is 3. The molecule has 0 spiro atoms. The topological polar surface area (TPSA) is 777 Å². The number of aliphatic hydroxyl groups is 2. The summed E-state index contributed by atoms with van der Waals surface area (Å²) < 4.78 is 0. The number of unbranched alkanes of at least 4 members (excludes halogenated alkanes) is 1. The van der Waals surface area contributed by atoms with E-state index in [1.165, 1.54) is 44.3 Å². The van der Waals surface area contributed by atoms with Crippen molar-refractivity contribution in [2.75, 3.05) is 32.8 Å². The van der Waals surface area contributed by atoms with E-state index < -0.39 is 293 Å². The predicted molar refractivity (Wildman–Crippen MR) is 406 cm³/mol. The van der Waals surface area contributed by atoms with Crippen molar-refractivity contribution in [3.63, 3.8) is 0 Å². The zero-order chi connectivity index (χ0) is 87.9. The number of nitrogens with two attached hydrogens (primary N) is 5. The molecule has 0 unspecified atom stereocenters. The van der Waals surface area contributed by atoms with Gasteiger partial charge in [0.25, 0.3) is 0 Å². The molecule has 1 aromatic heterocycles. The normalized spacial score (nSPS) is 14.3. The van der Waals surface area contributed by atoms with Gasteiger partial charge >= 0.3 is 17.9 Å². The molecule has 46 nitrogen and oxygen atoms in total. The fraction of sp³-hybridized carbons (Fsp3) is 0.521. The van der Waals surface area contributed by atoms with Crippen LogP contribution in [0.15, 0.2) is 54.7 Å². The molecule has 3 aromatic rings. The molecule has 0 aliphatic heterocycles. The highest BCUT2D eigenvalue weighted by atomic mass is 16.4. The molecule has 17 amide bonds. The van der Waals surface area contributed by atoms with Gasteiger partial charge in [-0.2, -0.15) is 0 Å². The minimum absolute atomic E-state index is 0.0876. The van der Waals surface area contributed by atoms with Gasteiger partial charge in [0.05, 0.1) is 32.7 Å². The zero-order valence-corrected chi connectivity index (χ0v) is 64.4. The number of benzene rings is 2.